The Morgan fingerprint density at radius 2 is 2.20 bits per heavy atom. The van der Waals surface area contributed by atoms with E-state index in [1.165, 1.54) is 0 Å². The predicted octanol–water partition coefficient (Wildman–Crippen LogP) is 0.608. The molecular formula is C10H19BrN2O2. The smallest absolute Gasteiger partial charge is 0.221 e. The summed E-state index contributed by atoms with van der Waals surface area (Å²) in [6, 6.07) is 0.217. The first-order valence-corrected chi connectivity index (χ1v) is 6.50. The summed E-state index contributed by atoms with van der Waals surface area (Å²) in [7, 11) is 0. The molecule has 0 aromatic heterocycles. The molecule has 0 spiro atoms. The molecule has 0 radical (unpaired) electrons. The van der Waals surface area contributed by atoms with Gasteiger partial charge in [-0.05, 0) is 6.92 Å². The number of carbonyl (C=O) groups is 1. The van der Waals surface area contributed by atoms with Crippen LogP contribution < -0.4 is 5.32 Å². The Kier molecular flexibility index (Phi) is 6.20. The molecule has 1 amide bonds. The zero-order chi connectivity index (χ0) is 11.1. The average molecular weight is 279 g/mol. The number of nitrogens with one attached hydrogen (secondary N) is 1. The monoisotopic (exact) mass is 278 g/mol. The number of hydrogen-bond acceptors (Lipinski definition) is 3. The first-order valence-electron chi connectivity index (χ1n) is 5.38. The molecule has 0 saturated carbocycles. The van der Waals surface area contributed by atoms with E-state index in [2.05, 4.69) is 26.1 Å². The lowest BCUT2D eigenvalue weighted by molar-refractivity contribution is -0.121. The van der Waals surface area contributed by atoms with E-state index in [1.54, 1.807) is 0 Å². The molecule has 1 fully saturated rings. The largest absolute Gasteiger partial charge is 0.379 e. The van der Waals surface area contributed by atoms with E-state index in [0.29, 0.717) is 6.42 Å². The Morgan fingerprint density at radius 1 is 1.53 bits per heavy atom. The minimum Gasteiger partial charge on any atom is -0.379 e. The van der Waals surface area contributed by atoms with Gasteiger partial charge in [0.15, 0.2) is 0 Å². The second kappa shape index (κ2) is 7.19. The molecule has 0 aromatic rings. The SMILES string of the molecule is CC(CN1CCOCC1)NC(=O)CCBr. The van der Waals surface area contributed by atoms with Crippen molar-refractivity contribution in [1.29, 1.82) is 0 Å². The van der Waals surface area contributed by atoms with Gasteiger partial charge in [0.2, 0.25) is 5.91 Å². The van der Waals surface area contributed by atoms with E-state index in [-0.39, 0.29) is 11.9 Å². The van der Waals surface area contributed by atoms with Crippen molar-refractivity contribution in [3.63, 3.8) is 0 Å². The normalized spacial score (nSPS) is 19.9. The third-order valence-corrected chi connectivity index (χ3v) is 2.76. The van der Waals surface area contributed by atoms with Gasteiger partial charge in [-0.25, -0.2) is 0 Å². The lowest BCUT2D eigenvalue weighted by Gasteiger charge is -2.29. The van der Waals surface area contributed by atoms with E-state index in [9.17, 15) is 4.79 Å². The molecule has 1 unspecified atom stereocenters. The number of hydrogen-bond donors (Lipinski definition) is 1. The van der Waals surface area contributed by atoms with E-state index in [0.717, 1.165) is 38.2 Å². The van der Waals surface area contributed by atoms with Gasteiger partial charge in [0.1, 0.15) is 0 Å². The summed E-state index contributed by atoms with van der Waals surface area (Å²) in [6.45, 7) is 6.51. The number of ether oxygens (including phenoxy) is 1. The molecule has 1 saturated heterocycles. The zero-order valence-corrected chi connectivity index (χ0v) is 10.8. The van der Waals surface area contributed by atoms with Crippen LogP contribution in [0.5, 0.6) is 0 Å². The molecule has 1 atom stereocenters. The van der Waals surface area contributed by atoms with Crippen LogP contribution in [0.15, 0.2) is 0 Å². The Balaban J connectivity index is 2.16. The van der Waals surface area contributed by atoms with Gasteiger partial charge < -0.3 is 10.1 Å². The molecule has 88 valence electrons. The van der Waals surface area contributed by atoms with Crippen LogP contribution in [-0.4, -0.2) is 55.0 Å². The summed E-state index contributed by atoms with van der Waals surface area (Å²) in [5.74, 6) is 0.118. The summed E-state index contributed by atoms with van der Waals surface area (Å²) in [6.07, 6.45) is 0.549. The van der Waals surface area contributed by atoms with Crippen molar-refractivity contribution < 1.29 is 9.53 Å². The van der Waals surface area contributed by atoms with Gasteiger partial charge in [-0.15, -0.1) is 0 Å². The van der Waals surface area contributed by atoms with Crippen LogP contribution in [0.3, 0.4) is 0 Å². The van der Waals surface area contributed by atoms with Crippen molar-refractivity contribution in [2.45, 2.75) is 19.4 Å². The number of rotatable bonds is 5. The first-order chi connectivity index (χ1) is 7.22. The van der Waals surface area contributed by atoms with E-state index in [1.807, 2.05) is 6.92 Å². The average Bonchev–Trinajstić information content (AvgIpc) is 2.19. The maximum atomic E-state index is 11.3. The summed E-state index contributed by atoms with van der Waals surface area (Å²) < 4.78 is 5.27. The number of halogens is 1. The number of alkyl halides is 1. The van der Waals surface area contributed by atoms with Gasteiger partial charge in [0.05, 0.1) is 13.2 Å². The van der Waals surface area contributed by atoms with Crippen molar-refractivity contribution in [2.75, 3.05) is 38.2 Å². The lowest BCUT2D eigenvalue weighted by atomic mass is 10.2. The van der Waals surface area contributed by atoms with E-state index >= 15 is 0 Å². The number of nitrogens with zero attached hydrogens (tertiary/aromatic N) is 1. The molecule has 5 heteroatoms. The van der Waals surface area contributed by atoms with Gasteiger partial charge in [0.25, 0.3) is 0 Å². The van der Waals surface area contributed by atoms with Crippen LogP contribution in [0, 0.1) is 0 Å². The summed E-state index contributed by atoms with van der Waals surface area (Å²) in [5, 5.41) is 3.70. The Labute approximate surface area is 99.5 Å². The van der Waals surface area contributed by atoms with Crippen molar-refractivity contribution in [1.82, 2.24) is 10.2 Å². The molecular weight excluding hydrogens is 260 g/mol. The quantitative estimate of drug-likeness (QED) is 0.750. The number of morpholine rings is 1. The Bertz CT molecular complexity index is 196. The van der Waals surface area contributed by atoms with Crippen molar-refractivity contribution in [3.05, 3.63) is 0 Å². The van der Waals surface area contributed by atoms with Gasteiger partial charge in [-0.1, -0.05) is 15.9 Å². The zero-order valence-electron chi connectivity index (χ0n) is 9.17. The molecule has 1 rings (SSSR count). The third kappa shape index (κ3) is 5.49. The summed E-state index contributed by atoms with van der Waals surface area (Å²) in [5.41, 5.74) is 0. The van der Waals surface area contributed by atoms with Crippen LogP contribution in [0.4, 0.5) is 0 Å². The van der Waals surface area contributed by atoms with Crippen LogP contribution in [0.25, 0.3) is 0 Å². The third-order valence-electron chi connectivity index (χ3n) is 2.36. The highest BCUT2D eigenvalue weighted by Gasteiger charge is 2.14. The number of carbonyl (C=O) groups excluding carboxylic acids is 1. The van der Waals surface area contributed by atoms with Crippen LogP contribution in [-0.2, 0) is 9.53 Å². The second-order valence-electron chi connectivity index (χ2n) is 3.82. The highest BCUT2D eigenvalue weighted by atomic mass is 79.9. The topological polar surface area (TPSA) is 41.6 Å². The van der Waals surface area contributed by atoms with E-state index in [4.69, 9.17) is 4.74 Å². The predicted molar refractivity (Wildman–Crippen MR) is 63.3 cm³/mol. The van der Waals surface area contributed by atoms with Gasteiger partial charge >= 0.3 is 0 Å². The fraction of sp³-hybridized carbons (Fsp3) is 0.900. The standard InChI is InChI=1S/C10H19BrN2O2/c1-9(12-10(14)2-3-11)8-13-4-6-15-7-5-13/h9H,2-8H2,1H3,(H,12,14). The van der Waals surface area contributed by atoms with E-state index < -0.39 is 0 Å². The molecule has 0 bridgehead atoms. The van der Waals surface area contributed by atoms with Crippen molar-refractivity contribution in [3.8, 4) is 0 Å². The minimum absolute atomic E-state index is 0.118. The fourth-order valence-corrected chi connectivity index (χ4v) is 2.01. The molecule has 0 aromatic carbocycles. The molecule has 15 heavy (non-hydrogen) atoms. The van der Waals surface area contributed by atoms with Crippen LogP contribution in [0.2, 0.25) is 0 Å². The maximum absolute atomic E-state index is 11.3. The Hall–Kier alpha value is -0.130. The molecule has 0 aliphatic carbocycles. The van der Waals surface area contributed by atoms with Crippen molar-refractivity contribution in [2.24, 2.45) is 0 Å². The minimum atomic E-state index is 0.118. The van der Waals surface area contributed by atoms with Gasteiger partial charge in [-0.3, -0.25) is 9.69 Å². The van der Waals surface area contributed by atoms with Gasteiger partial charge in [0, 0.05) is 37.4 Å². The summed E-state index contributed by atoms with van der Waals surface area (Å²) >= 11 is 3.25. The molecule has 1 aliphatic heterocycles. The summed E-state index contributed by atoms with van der Waals surface area (Å²) in [4.78, 5) is 13.6. The Morgan fingerprint density at radius 3 is 2.80 bits per heavy atom. The van der Waals surface area contributed by atoms with Crippen LogP contribution >= 0.6 is 15.9 Å². The molecule has 1 N–H and O–H groups in total. The second-order valence-corrected chi connectivity index (χ2v) is 4.61. The molecule has 4 nitrogen and oxygen atoms in total. The maximum Gasteiger partial charge on any atom is 0.221 e. The van der Waals surface area contributed by atoms with Crippen LogP contribution in [0.1, 0.15) is 13.3 Å². The fourth-order valence-electron chi connectivity index (χ4n) is 1.65. The highest BCUT2D eigenvalue weighted by molar-refractivity contribution is 9.09. The first kappa shape index (κ1) is 12.9. The van der Waals surface area contributed by atoms with Crippen molar-refractivity contribution >= 4 is 21.8 Å². The van der Waals surface area contributed by atoms with Gasteiger partial charge in [-0.2, -0.15) is 0 Å². The molecule has 1 heterocycles. The highest BCUT2D eigenvalue weighted by Crippen LogP contribution is 1.98. The number of amides is 1. The lowest BCUT2D eigenvalue weighted by Crippen LogP contribution is -2.46. The molecule has 1 aliphatic rings.